The molecule has 0 fully saturated rings. The van der Waals surface area contributed by atoms with Crippen molar-refractivity contribution < 1.29 is 9.84 Å². The van der Waals surface area contributed by atoms with Crippen LogP contribution in [0.3, 0.4) is 0 Å². The summed E-state index contributed by atoms with van der Waals surface area (Å²) in [5.74, 6) is 1.07. The Morgan fingerprint density at radius 3 is 2.50 bits per heavy atom. The van der Waals surface area contributed by atoms with Crippen molar-refractivity contribution in [3.05, 3.63) is 104 Å². The molecule has 0 aliphatic carbocycles. The van der Waals surface area contributed by atoms with Crippen LogP contribution in [0.15, 0.2) is 76.3 Å². The van der Waals surface area contributed by atoms with E-state index in [-0.39, 0.29) is 18.7 Å². The molecule has 32 heavy (non-hydrogen) atoms. The van der Waals surface area contributed by atoms with Crippen LogP contribution in [-0.2, 0) is 20.0 Å². The maximum atomic E-state index is 13.5. The molecule has 1 aromatic heterocycles. The van der Waals surface area contributed by atoms with E-state index in [2.05, 4.69) is 0 Å². The van der Waals surface area contributed by atoms with E-state index < -0.39 is 5.69 Å². The molecule has 164 valence electrons. The lowest BCUT2D eigenvalue weighted by Crippen LogP contribution is -2.39. The maximum Gasteiger partial charge on any atom is 0.331 e. The van der Waals surface area contributed by atoms with E-state index in [1.807, 2.05) is 30.3 Å². The first kappa shape index (κ1) is 21.9. The Hall–Kier alpha value is -3.35. The molecule has 0 atom stereocenters. The minimum atomic E-state index is -0.412. The molecule has 4 rings (SSSR count). The van der Waals surface area contributed by atoms with Crippen LogP contribution in [0.4, 0.5) is 0 Å². The van der Waals surface area contributed by atoms with E-state index in [4.69, 9.17) is 16.3 Å². The topological polar surface area (TPSA) is 73.5 Å². The second-order valence-electron chi connectivity index (χ2n) is 7.53. The molecule has 1 heterocycles. The summed E-state index contributed by atoms with van der Waals surface area (Å²) in [5.41, 5.74) is 1.42. The zero-order valence-electron chi connectivity index (χ0n) is 17.6. The lowest BCUT2D eigenvalue weighted by atomic mass is 9.99. The minimum absolute atomic E-state index is 0.109. The van der Waals surface area contributed by atoms with E-state index in [1.54, 1.807) is 43.4 Å². The summed E-state index contributed by atoms with van der Waals surface area (Å²) in [4.78, 5) is 26.3. The number of aliphatic hydroxyl groups is 1. The molecule has 0 spiro atoms. The van der Waals surface area contributed by atoms with Gasteiger partial charge in [-0.05, 0) is 42.3 Å². The van der Waals surface area contributed by atoms with E-state index in [0.717, 1.165) is 5.56 Å². The Morgan fingerprint density at radius 1 is 1.00 bits per heavy atom. The van der Waals surface area contributed by atoms with Crippen LogP contribution in [0.1, 0.15) is 17.5 Å². The molecular weight excluding hydrogens is 428 g/mol. The highest BCUT2D eigenvalue weighted by Crippen LogP contribution is 2.32. The van der Waals surface area contributed by atoms with Crippen LogP contribution in [-0.4, -0.2) is 20.8 Å². The number of benzene rings is 3. The van der Waals surface area contributed by atoms with Gasteiger partial charge in [0.15, 0.2) is 0 Å². The van der Waals surface area contributed by atoms with Gasteiger partial charge in [0.25, 0.3) is 5.56 Å². The first-order chi connectivity index (χ1) is 15.5. The number of aromatic nitrogens is 2. The average molecular weight is 451 g/mol. The SMILES string of the molecule is Cn1c(=O)n(CCCO)c(=O)c2c(Cc3ccccc3)c(Oc3cccc(Cl)c3)ccc21. The Balaban J connectivity index is 1.97. The highest BCUT2D eigenvalue weighted by molar-refractivity contribution is 6.30. The van der Waals surface area contributed by atoms with Gasteiger partial charge in [-0.2, -0.15) is 0 Å². The Kier molecular flexibility index (Phi) is 6.44. The molecule has 0 bridgehead atoms. The fourth-order valence-electron chi connectivity index (χ4n) is 3.80. The largest absolute Gasteiger partial charge is 0.457 e. The number of fused-ring (bicyclic) bond motifs is 1. The fraction of sp³-hybridized carbons (Fsp3) is 0.200. The van der Waals surface area contributed by atoms with Gasteiger partial charge in [-0.25, -0.2) is 4.79 Å². The second-order valence-corrected chi connectivity index (χ2v) is 7.97. The smallest absolute Gasteiger partial charge is 0.331 e. The molecule has 0 aliphatic heterocycles. The van der Waals surface area contributed by atoms with Crippen LogP contribution >= 0.6 is 11.6 Å². The van der Waals surface area contributed by atoms with Crippen molar-refractivity contribution in [2.75, 3.05) is 6.61 Å². The maximum absolute atomic E-state index is 13.5. The third-order valence-corrected chi connectivity index (χ3v) is 5.61. The van der Waals surface area contributed by atoms with E-state index in [1.165, 1.54) is 9.13 Å². The van der Waals surface area contributed by atoms with Gasteiger partial charge in [0, 0.05) is 37.2 Å². The number of aliphatic hydroxyl groups excluding tert-OH is 1. The summed E-state index contributed by atoms with van der Waals surface area (Å²) >= 11 is 6.12. The zero-order chi connectivity index (χ0) is 22.7. The van der Waals surface area contributed by atoms with E-state index >= 15 is 0 Å². The number of hydrogen-bond donors (Lipinski definition) is 1. The highest BCUT2D eigenvalue weighted by atomic mass is 35.5. The Bertz CT molecular complexity index is 1380. The van der Waals surface area contributed by atoms with Crippen molar-refractivity contribution in [1.82, 2.24) is 9.13 Å². The monoisotopic (exact) mass is 450 g/mol. The van der Waals surface area contributed by atoms with Gasteiger partial charge >= 0.3 is 5.69 Å². The normalized spacial score (nSPS) is 11.1. The molecular formula is C25H23ClN2O4. The summed E-state index contributed by atoms with van der Waals surface area (Å²) in [5, 5.41) is 10.2. The number of hydrogen-bond acceptors (Lipinski definition) is 4. The van der Waals surface area contributed by atoms with E-state index in [9.17, 15) is 14.7 Å². The number of aryl methyl sites for hydroxylation is 1. The van der Waals surface area contributed by atoms with Crippen molar-refractivity contribution in [3.63, 3.8) is 0 Å². The molecule has 4 aromatic rings. The molecule has 0 unspecified atom stereocenters. The molecule has 3 aromatic carbocycles. The molecule has 1 N–H and O–H groups in total. The van der Waals surface area contributed by atoms with Gasteiger partial charge in [-0.3, -0.25) is 13.9 Å². The first-order valence-electron chi connectivity index (χ1n) is 10.3. The number of halogens is 1. The van der Waals surface area contributed by atoms with Crippen molar-refractivity contribution in [2.24, 2.45) is 7.05 Å². The second kappa shape index (κ2) is 9.42. The van der Waals surface area contributed by atoms with Crippen LogP contribution in [0.5, 0.6) is 11.5 Å². The van der Waals surface area contributed by atoms with Crippen molar-refractivity contribution >= 4 is 22.5 Å². The lowest BCUT2D eigenvalue weighted by Gasteiger charge is -2.17. The van der Waals surface area contributed by atoms with Crippen LogP contribution < -0.4 is 16.0 Å². The molecule has 7 heteroatoms. The first-order valence-corrected chi connectivity index (χ1v) is 10.7. The van der Waals surface area contributed by atoms with Gasteiger partial charge in [0.2, 0.25) is 0 Å². The molecule has 0 aliphatic rings. The summed E-state index contributed by atoms with van der Waals surface area (Å²) in [7, 11) is 1.64. The standard InChI is InChI=1S/C25H23ClN2O4/c1-27-21-11-12-22(32-19-10-5-9-18(26)16-19)20(15-17-7-3-2-4-8-17)23(21)24(30)28(25(27)31)13-6-14-29/h2-5,7-12,16,29H,6,13-15H2,1H3. The number of ether oxygens (including phenoxy) is 1. The molecule has 0 radical (unpaired) electrons. The molecule has 6 nitrogen and oxygen atoms in total. The summed E-state index contributed by atoms with van der Waals surface area (Å²) < 4.78 is 8.80. The quantitative estimate of drug-likeness (QED) is 0.459. The van der Waals surface area contributed by atoms with Crippen LogP contribution in [0.25, 0.3) is 10.9 Å². The predicted molar refractivity (Wildman–Crippen MR) is 126 cm³/mol. The summed E-state index contributed by atoms with van der Waals surface area (Å²) in [6.45, 7) is 0.0323. The Labute approximate surface area is 189 Å². The third-order valence-electron chi connectivity index (χ3n) is 5.37. The minimum Gasteiger partial charge on any atom is -0.457 e. The summed E-state index contributed by atoms with van der Waals surface area (Å²) in [6, 6.07) is 20.3. The van der Waals surface area contributed by atoms with Crippen molar-refractivity contribution in [2.45, 2.75) is 19.4 Å². The van der Waals surface area contributed by atoms with Crippen LogP contribution in [0.2, 0.25) is 5.02 Å². The third kappa shape index (κ3) is 4.33. The van der Waals surface area contributed by atoms with Crippen LogP contribution in [0, 0.1) is 0 Å². The summed E-state index contributed by atoms with van der Waals surface area (Å²) in [6.07, 6.45) is 0.759. The van der Waals surface area contributed by atoms with Crippen molar-refractivity contribution in [1.29, 1.82) is 0 Å². The number of nitrogens with zero attached hydrogens (tertiary/aromatic N) is 2. The van der Waals surface area contributed by atoms with Gasteiger partial charge < -0.3 is 9.84 Å². The lowest BCUT2D eigenvalue weighted by molar-refractivity contribution is 0.277. The predicted octanol–water partition coefficient (Wildman–Crippen LogP) is 4.12. The Morgan fingerprint density at radius 2 is 1.78 bits per heavy atom. The number of rotatable bonds is 7. The van der Waals surface area contributed by atoms with Gasteiger partial charge in [0.05, 0.1) is 10.9 Å². The van der Waals surface area contributed by atoms with Gasteiger partial charge in [-0.15, -0.1) is 0 Å². The molecule has 0 saturated heterocycles. The zero-order valence-corrected chi connectivity index (χ0v) is 18.4. The van der Waals surface area contributed by atoms with Gasteiger partial charge in [-0.1, -0.05) is 48.0 Å². The van der Waals surface area contributed by atoms with Gasteiger partial charge in [0.1, 0.15) is 11.5 Å². The molecule has 0 amide bonds. The van der Waals surface area contributed by atoms with Crippen molar-refractivity contribution in [3.8, 4) is 11.5 Å². The average Bonchev–Trinajstić information content (AvgIpc) is 2.79. The highest BCUT2D eigenvalue weighted by Gasteiger charge is 2.19. The van der Waals surface area contributed by atoms with E-state index in [0.29, 0.717) is 45.8 Å². The fourth-order valence-corrected chi connectivity index (χ4v) is 3.98. The molecule has 0 saturated carbocycles.